The van der Waals surface area contributed by atoms with Gasteiger partial charge in [-0.05, 0) is 35.9 Å². The maximum Gasteiger partial charge on any atom is 0.258 e. The summed E-state index contributed by atoms with van der Waals surface area (Å²) in [5, 5.41) is 11.5. The van der Waals surface area contributed by atoms with E-state index in [1.54, 1.807) is 30.5 Å². The van der Waals surface area contributed by atoms with Gasteiger partial charge in [-0.1, -0.05) is 6.07 Å². The van der Waals surface area contributed by atoms with Gasteiger partial charge in [-0.25, -0.2) is 4.98 Å². The van der Waals surface area contributed by atoms with Crippen molar-refractivity contribution in [2.45, 2.75) is 6.54 Å². The first kappa shape index (κ1) is 17.7. The van der Waals surface area contributed by atoms with Crippen LogP contribution in [-0.4, -0.2) is 43.8 Å². The van der Waals surface area contributed by atoms with Gasteiger partial charge in [0, 0.05) is 25.8 Å². The minimum Gasteiger partial charge on any atom is -0.484 e. The lowest BCUT2D eigenvalue weighted by molar-refractivity contribution is -0.123. The van der Waals surface area contributed by atoms with Gasteiger partial charge in [-0.3, -0.25) is 4.79 Å². The molecule has 1 fully saturated rings. The third-order valence-corrected chi connectivity index (χ3v) is 3.99. The van der Waals surface area contributed by atoms with Gasteiger partial charge in [0.05, 0.1) is 24.8 Å². The average molecular weight is 352 g/mol. The highest BCUT2D eigenvalue weighted by molar-refractivity contribution is 5.77. The molecule has 1 aliphatic heterocycles. The minimum absolute atomic E-state index is 0.0782. The summed E-state index contributed by atoms with van der Waals surface area (Å²) < 4.78 is 10.7. The largest absolute Gasteiger partial charge is 0.484 e. The lowest BCUT2D eigenvalue weighted by Gasteiger charge is -2.27. The molecule has 0 aliphatic carbocycles. The fourth-order valence-electron chi connectivity index (χ4n) is 2.53. The molecule has 7 heteroatoms. The van der Waals surface area contributed by atoms with E-state index in [1.165, 1.54) is 0 Å². The van der Waals surface area contributed by atoms with Crippen molar-refractivity contribution >= 4 is 11.7 Å². The summed E-state index contributed by atoms with van der Waals surface area (Å²) in [5.41, 5.74) is 1.48. The summed E-state index contributed by atoms with van der Waals surface area (Å²) >= 11 is 0. The first-order valence-corrected chi connectivity index (χ1v) is 8.42. The van der Waals surface area contributed by atoms with Crippen molar-refractivity contribution in [3.8, 4) is 11.8 Å². The first-order chi connectivity index (χ1) is 12.7. The number of nitriles is 1. The molecule has 26 heavy (non-hydrogen) atoms. The average Bonchev–Trinajstić information content (AvgIpc) is 2.72. The van der Waals surface area contributed by atoms with Crippen molar-refractivity contribution in [3.63, 3.8) is 0 Å². The Balaban J connectivity index is 1.42. The second kappa shape index (κ2) is 8.83. The van der Waals surface area contributed by atoms with Crippen molar-refractivity contribution in [1.82, 2.24) is 10.3 Å². The molecule has 7 nitrogen and oxygen atoms in total. The van der Waals surface area contributed by atoms with Gasteiger partial charge in [-0.2, -0.15) is 5.26 Å². The number of hydrogen-bond acceptors (Lipinski definition) is 6. The van der Waals surface area contributed by atoms with Crippen molar-refractivity contribution in [1.29, 1.82) is 5.26 Å². The molecule has 0 spiro atoms. The zero-order chi connectivity index (χ0) is 18.2. The van der Waals surface area contributed by atoms with E-state index >= 15 is 0 Å². The molecule has 1 aromatic carbocycles. The number of pyridine rings is 1. The number of anilines is 1. The Morgan fingerprint density at radius 1 is 1.23 bits per heavy atom. The number of hydrogen-bond donors (Lipinski definition) is 1. The molecule has 1 N–H and O–H groups in total. The van der Waals surface area contributed by atoms with Gasteiger partial charge in [-0.15, -0.1) is 0 Å². The van der Waals surface area contributed by atoms with Gasteiger partial charge in [0.1, 0.15) is 11.6 Å². The predicted octanol–water partition coefficient (Wildman–Crippen LogP) is 1.49. The van der Waals surface area contributed by atoms with E-state index in [9.17, 15) is 4.79 Å². The first-order valence-electron chi connectivity index (χ1n) is 8.42. The molecular weight excluding hydrogens is 332 g/mol. The van der Waals surface area contributed by atoms with Crippen molar-refractivity contribution < 1.29 is 14.3 Å². The topological polar surface area (TPSA) is 87.5 Å². The van der Waals surface area contributed by atoms with Crippen LogP contribution in [0.15, 0.2) is 42.6 Å². The van der Waals surface area contributed by atoms with Gasteiger partial charge < -0.3 is 19.7 Å². The van der Waals surface area contributed by atoms with Crippen LogP contribution in [0.5, 0.6) is 5.75 Å². The smallest absolute Gasteiger partial charge is 0.258 e. The number of amides is 1. The van der Waals surface area contributed by atoms with Crippen LogP contribution < -0.4 is 15.0 Å². The molecule has 3 rings (SSSR count). The van der Waals surface area contributed by atoms with Gasteiger partial charge in [0.2, 0.25) is 0 Å². The van der Waals surface area contributed by atoms with Crippen LogP contribution in [0.1, 0.15) is 11.1 Å². The predicted molar refractivity (Wildman–Crippen MR) is 95.8 cm³/mol. The number of rotatable bonds is 6. The summed E-state index contributed by atoms with van der Waals surface area (Å²) in [6.45, 7) is 3.44. The second-order valence-corrected chi connectivity index (χ2v) is 5.83. The number of ether oxygens (including phenoxy) is 2. The highest BCUT2D eigenvalue weighted by Gasteiger charge is 2.12. The quantitative estimate of drug-likeness (QED) is 0.847. The van der Waals surface area contributed by atoms with Crippen LogP contribution in [0.25, 0.3) is 0 Å². The summed E-state index contributed by atoms with van der Waals surface area (Å²) in [5.74, 6) is 1.26. The highest BCUT2D eigenvalue weighted by Crippen LogP contribution is 2.13. The highest BCUT2D eigenvalue weighted by atomic mass is 16.5. The Bertz CT molecular complexity index is 763. The molecule has 1 saturated heterocycles. The van der Waals surface area contributed by atoms with Crippen molar-refractivity contribution in [3.05, 3.63) is 53.7 Å². The standard InChI is InChI=1S/C19H20N4O3/c20-11-15-1-4-17(5-2-15)26-14-19(24)22-13-16-3-6-18(21-12-16)23-7-9-25-10-8-23/h1-6,12H,7-10,13-14H2,(H,22,24). The number of carbonyl (C=O) groups is 1. The number of aromatic nitrogens is 1. The van der Waals surface area contributed by atoms with Gasteiger partial charge >= 0.3 is 0 Å². The second-order valence-electron chi connectivity index (χ2n) is 5.83. The zero-order valence-corrected chi connectivity index (χ0v) is 14.4. The number of nitrogens with one attached hydrogen (secondary N) is 1. The number of carbonyl (C=O) groups excluding carboxylic acids is 1. The molecule has 1 amide bonds. The van der Waals surface area contributed by atoms with Gasteiger partial charge in [0.25, 0.3) is 5.91 Å². The third kappa shape index (κ3) is 4.94. The molecule has 0 unspecified atom stereocenters. The number of nitrogens with zero attached hydrogens (tertiary/aromatic N) is 3. The van der Waals surface area contributed by atoms with Crippen LogP contribution in [0.2, 0.25) is 0 Å². The Labute approximate surface area is 152 Å². The van der Waals surface area contributed by atoms with Crippen molar-refractivity contribution in [2.24, 2.45) is 0 Å². The fraction of sp³-hybridized carbons (Fsp3) is 0.316. The Morgan fingerprint density at radius 3 is 2.65 bits per heavy atom. The van der Waals surface area contributed by atoms with E-state index < -0.39 is 0 Å². The SMILES string of the molecule is N#Cc1ccc(OCC(=O)NCc2ccc(N3CCOCC3)nc2)cc1. The maximum atomic E-state index is 11.9. The number of morpholine rings is 1. The van der Waals surface area contributed by atoms with E-state index in [-0.39, 0.29) is 12.5 Å². The van der Waals surface area contributed by atoms with E-state index in [1.807, 2.05) is 18.2 Å². The summed E-state index contributed by atoms with van der Waals surface area (Å²) in [4.78, 5) is 18.5. The van der Waals surface area contributed by atoms with Crippen LogP contribution >= 0.6 is 0 Å². The van der Waals surface area contributed by atoms with Crippen molar-refractivity contribution in [2.75, 3.05) is 37.8 Å². The minimum atomic E-state index is -0.216. The summed E-state index contributed by atoms with van der Waals surface area (Å²) in [7, 11) is 0. The monoisotopic (exact) mass is 352 g/mol. The molecule has 0 bridgehead atoms. The number of benzene rings is 1. The van der Waals surface area contributed by atoms with Crippen LogP contribution in [-0.2, 0) is 16.1 Å². The maximum absolute atomic E-state index is 11.9. The van der Waals surface area contributed by atoms with E-state index in [4.69, 9.17) is 14.7 Å². The molecule has 2 aromatic rings. The summed E-state index contributed by atoms with van der Waals surface area (Å²) in [6, 6.07) is 12.6. The molecule has 2 heterocycles. The van der Waals surface area contributed by atoms with Crippen LogP contribution in [0.4, 0.5) is 5.82 Å². The molecule has 0 saturated carbocycles. The Kier molecular flexibility index (Phi) is 6.01. The lowest BCUT2D eigenvalue weighted by atomic mass is 10.2. The van der Waals surface area contributed by atoms with E-state index in [2.05, 4.69) is 15.2 Å². The molecule has 1 aliphatic rings. The van der Waals surface area contributed by atoms with Gasteiger partial charge in [0.15, 0.2) is 6.61 Å². The molecule has 1 aromatic heterocycles. The van der Waals surface area contributed by atoms with Crippen LogP contribution in [0.3, 0.4) is 0 Å². The lowest BCUT2D eigenvalue weighted by Crippen LogP contribution is -2.36. The Morgan fingerprint density at radius 2 is 2.00 bits per heavy atom. The fourth-order valence-corrected chi connectivity index (χ4v) is 2.53. The normalized spacial score (nSPS) is 13.7. The molecule has 134 valence electrons. The van der Waals surface area contributed by atoms with E-state index in [0.29, 0.717) is 17.9 Å². The Hall–Kier alpha value is -3.11. The third-order valence-electron chi connectivity index (χ3n) is 3.99. The van der Waals surface area contributed by atoms with E-state index in [0.717, 1.165) is 37.7 Å². The zero-order valence-electron chi connectivity index (χ0n) is 14.4. The molecule has 0 radical (unpaired) electrons. The summed E-state index contributed by atoms with van der Waals surface area (Å²) in [6.07, 6.45) is 1.77. The molecule has 0 atom stereocenters. The molecular formula is C19H20N4O3. The van der Waals surface area contributed by atoms with Crippen LogP contribution in [0, 0.1) is 11.3 Å².